The minimum Gasteiger partial charge on any atom is -0.381 e. The number of hydrogen-bond acceptors (Lipinski definition) is 6. The van der Waals surface area contributed by atoms with Crippen LogP contribution in [0.4, 0.5) is 5.88 Å². The van der Waals surface area contributed by atoms with Crippen molar-refractivity contribution < 1.29 is 18.8 Å². The molecule has 7 heteroatoms. The standard InChI is InChI=1S/C17H25N3O4/c1-17(2,11-21)14-10-15(24-19-14)18-16(22)13-4-3-7-20(13)12-5-8-23-9-6-12/h10-13H,3-9H2,1-2H3,(H,18,22)/t13-/m0/s1. The summed E-state index contributed by atoms with van der Waals surface area (Å²) in [5, 5.41) is 6.71. The smallest absolute Gasteiger partial charge is 0.244 e. The molecule has 1 amide bonds. The van der Waals surface area contributed by atoms with Gasteiger partial charge in [-0.25, -0.2) is 0 Å². The third-order valence-corrected chi connectivity index (χ3v) is 4.97. The average molecular weight is 335 g/mol. The molecule has 24 heavy (non-hydrogen) atoms. The van der Waals surface area contributed by atoms with Gasteiger partial charge in [0.1, 0.15) is 6.29 Å². The van der Waals surface area contributed by atoms with Crippen molar-refractivity contribution in [2.45, 2.75) is 57.0 Å². The zero-order valence-electron chi connectivity index (χ0n) is 14.3. The molecule has 2 saturated heterocycles. The Morgan fingerprint density at radius 1 is 1.38 bits per heavy atom. The van der Waals surface area contributed by atoms with Crippen molar-refractivity contribution in [1.82, 2.24) is 10.1 Å². The van der Waals surface area contributed by atoms with Crippen LogP contribution in [0.3, 0.4) is 0 Å². The molecule has 0 radical (unpaired) electrons. The molecule has 1 atom stereocenters. The highest BCUT2D eigenvalue weighted by molar-refractivity contribution is 5.94. The van der Waals surface area contributed by atoms with Crippen LogP contribution in [0.5, 0.6) is 0 Å². The van der Waals surface area contributed by atoms with Gasteiger partial charge in [0.25, 0.3) is 0 Å². The number of anilines is 1. The van der Waals surface area contributed by atoms with Gasteiger partial charge in [-0.15, -0.1) is 0 Å². The maximum Gasteiger partial charge on any atom is 0.244 e. The summed E-state index contributed by atoms with van der Waals surface area (Å²) in [6, 6.07) is 1.90. The number of carbonyl (C=O) groups excluding carboxylic acids is 2. The first-order valence-electron chi connectivity index (χ1n) is 8.59. The Bertz CT molecular complexity index is 592. The summed E-state index contributed by atoms with van der Waals surface area (Å²) in [6.07, 6.45) is 4.65. The molecule has 7 nitrogen and oxygen atoms in total. The molecule has 2 fully saturated rings. The van der Waals surface area contributed by atoms with Crippen LogP contribution in [0.2, 0.25) is 0 Å². The third kappa shape index (κ3) is 3.52. The number of rotatable bonds is 5. The molecule has 2 aliphatic rings. The van der Waals surface area contributed by atoms with Crippen molar-refractivity contribution in [2.75, 3.05) is 25.1 Å². The quantitative estimate of drug-likeness (QED) is 0.825. The topological polar surface area (TPSA) is 84.7 Å². The SMILES string of the molecule is CC(C)(C=O)c1cc(NC(=O)[C@@H]2CCCN2C2CCOCC2)on1. The highest BCUT2D eigenvalue weighted by Crippen LogP contribution is 2.27. The van der Waals surface area contributed by atoms with Gasteiger partial charge in [-0.1, -0.05) is 5.16 Å². The van der Waals surface area contributed by atoms with Crippen LogP contribution in [-0.4, -0.2) is 54.1 Å². The summed E-state index contributed by atoms with van der Waals surface area (Å²) < 4.78 is 10.6. The number of hydrogen-bond donors (Lipinski definition) is 1. The number of nitrogens with zero attached hydrogens (tertiary/aromatic N) is 2. The van der Waals surface area contributed by atoms with Crippen molar-refractivity contribution >= 4 is 18.1 Å². The largest absolute Gasteiger partial charge is 0.381 e. The number of aromatic nitrogens is 1. The van der Waals surface area contributed by atoms with Gasteiger partial charge >= 0.3 is 0 Å². The minimum absolute atomic E-state index is 0.0643. The van der Waals surface area contributed by atoms with Gasteiger partial charge in [-0.3, -0.25) is 15.0 Å². The molecule has 0 aliphatic carbocycles. The molecular weight excluding hydrogens is 310 g/mol. The van der Waals surface area contributed by atoms with Crippen LogP contribution in [0.25, 0.3) is 0 Å². The summed E-state index contributed by atoms with van der Waals surface area (Å²) in [5.74, 6) is 0.231. The third-order valence-electron chi connectivity index (χ3n) is 4.97. The van der Waals surface area contributed by atoms with Crippen molar-refractivity contribution in [3.63, 3.8) is 0 Å². The van der Waals surface area contributed by atoms with Crippen molar-refractivity contribution in [2.24, 2.45) is 0 Å². The summed E-state index contributed by atoms with van der Waals surface area (Å²) >= 11 is 0. The van der Waals surface area contributed by atoms with Crippen molar-refractivity contribution in [1.29, 1.82) is 0 Å². The summed E-state index contributed by atoms with van der Waals surface area (Å²) in [6.45, 7) is 5.99. The van der Waals surface area contributed by atoms with Gasteiger partial charge in [0.05, 0.1) is 17.2 Å². The summed E-state index contributed by atoms with van der Waals surface area (Å²) in [4.78, 5) is 26.1. The van der Waals surface area contributed by atoms with E-state index in [9.17, 15) is 9.59 Å². The maximum absolute atomic E-state index is 12.7. The zero-order chi connectivity index (χ0) is 17.2. The first kappa shape index (κ1) is 17.1. The highest BCUT2D eigenvalue weighted by atomic mass is 16.5. The van der Waals surface area contributed by atoms with E-state index in [1.807, 2.05) is 0 Å². The van der Waals surface area contributed by atoms with Crippen molar-refractivity contribution in [3.8, 4) is 0 Å². The predicted octanol–water partition coefficient (Wildman–Crippen LogP) is 1.73. The predicted molar refractivity (Wildman–Crippen MR) is 87.8 cm³/mol. The first-order valence-corrected chi connectivity index (χ1v) is 8.59. The lowest BCUT2D eigenvalue weighted by atomic mass is 9.92. The fourth-order valence-corrected chi connectivity index (χ4v) is 3.43. The molecule has 2 aliphatic heterocycles. The lowest BCUT2D eigenvalue weighted by molar-refractivity contribution is -0.122. The maximum atomic E-state index is 12.7. The molecule has 132 valence electrons. The van der Waals surface area contributed by atoms with E-state index in [1.54, 1.807) is 19.9 Å². The fourth-order valence-electron chi connectivity index (χ4n) is 3.43. The van der Waals surface area contributed by atoms with Crippen LogP contribution in [0.1, 0.15) is 45.2 Å². The van der Waals surface area contributed by atoms with E-state index in [0.29, 0.717) is 17.6 Å². The van der Waals surface area contributed by atoms with Gasteiger partial charge in [-0.2, -0.15) is 0 Å². The monoisotopic (exact) mass is 335 g/mol. The normalized spacial score (nSPS) is 23.3. The zero-order valence-corrected chi connectivity index (χ0v) is 14.3. The number of amides is 1. The van der Waals surface area contributed by atoms with Gasteiger partial charge < -0.3 is 14.1 Å². The van der Waals surface area contributed by atoms with Crippen LogP contribution in [0, 0.1) is 0 Å². The number of nitrogens with one attached hydrogen (secondary N) is 1. The second-order valence-corrected chi connectivity index (χ2v) is 7.14. The Kier molecular flexibility index (Phi) is 5.01. The van der Waals surface area contributed by atoms with E-state index in [-0.39, 0.29) is 11.9 Å². The lowest BCUT2D eigenvalue weighted by Crippen LogP contribution is -2.47. The molecule has 1 aromatic rings. The lowest BCUT2D eigenvalue weighted by Gasteiger charge is -2.34. The Morgan fingerprint density at radius 2 is 2.12 bits per heavy atom. The average Bonchev–Trinajstić information content (AvgIpc) is 3.25. The second-order valence-electron chi connectivity index (χ2n) is 7.14. The molecule has 0 aromatic carbocycles. The molecule has 1 N–H and O–H groups in total. The minimum atomic E-state index is -0.728. The van der Waals surface area contributed by atoms with Gasteiger partial charge in [0.2, 0.25) is 11.8 Å². The van der Waals surface area contributed by atoms with Gasteiger partial charge in [-0.05, 0) is 46.1 Å². The highest BCUT2D eigenvalue weighted by Gasteiger charge is 2.36. The number of aldehydes is 1. The molecular formula is C17H25N3O4. The Hall–Kier alpha value is -1.73. The van der Waals surface area contributed by atoms with Crippen LogP contribution in [-0.2, 0) is 19.7 Å². The number of carbonyl (C=O) groups is 2. The number of ether oxygens (including phenoxy) is 1. The van der Waals surface area contributed by atoms with E-state index < -0.39 is 5.41 Å². The Morgan fingerprint density at radius 3 is 2.83 bits per heavy atom. The molecule has 0 unspecified atom stereocenters. The Labute approximate surface area is 141 Å². The molecule has 3 rings (SSSR count). The molecule has 0 spiro atoms. The van der Waals surface area contributed by atoms with Crippen LogP contribution < -0.4 is 5.32 Å². The van der Waals surface area contributed by atoms with Crippen LogP contribution in [0.15, 0.2) is 10.6 Å². The summed E-state index contributed by atoms with van der Waals surface area (Å²) in [7, 11) is 0. The molecule has 0 bridgehead atoms. The van der Waals surface area contributed by atoms with Crippen molar-refractivity contribution in [3.05, 3.63) is 11.8 Å². The first-order chi connectivity index (χ1) is 11.5. The molecule has 3 heterocycles. The summed E-state index contributed by atoms with van der Waals surface area (Å²) in [5.41, 5.74) is -0.214. The Balaban J connectivity index is 1.64. The van der Waals surface area contributed by atoms with Crippen LogP contribution >= 0.6 is 0 Å². The van der Waals surface area contributed by atoms with E-state index in [2.05, 4.69) is 15.4 Å². The van der Waals surface area contributed by atoms with E-state index in [4.69, 9.17) is 9.26 Å². The van der Waals surface area contributed by atoms with E-state index in [0.717, 1.165) is 51.7 Å². The fraction of sp³-hybridized carbons (Fsp3) is 0.706. The number of likely N-dealkylation sites (tertiary alicyclic amines) is 1. The second kappa shape index (κ2) is 7.03. The molecule has 1 aromatic heterocycles. The van der Waals surface area contributed by atoms with Gasteiger partial charge in [0.15, 0.2) is 0 Å². The van der Waals surface area contributed by atoms with E-state index >= 15 is 0 Å². The van der Waals surface area contributed by atoms with Gasteiger partial charge in [0, 0.05) is 25.3 Å². The van der Waals surface area contributed by atoms with E-state index in [1.165, 1.54) is 0 Å². The molecule has 0 saturated carbocycles.